The predicted octanol–water partition coefficient (Wildman–Crippen LogP) is 1.25. The lowest BCUT2D eigenvalue weighted by molar-refractivity contribution is -0.196. The van der Waals surface area contributed by atoms with Gasteiger partial charge < -0.3 is 24.1 Å². The van der Waals surface area contributed by atoms with Crippen LogP contribution in [0, 0.1) is 0 Å². The first-order valence-corrected chi connectivity index (χ1v) is 6.89. The average molecular weight is 282 g/mol. The van der Waals surface area contributed by atoms with E-state index in [0.29, 0.717) is 32.8 Å². The molecule has 5 nitrogen and oxygen atoms in total. The van der Waals surface area contributed by atoms with Crippen LogP contribution in [-0.4, -0.2) is 57.0 Å². The summed E-state index contributed by atoms with van der Waals surface area (Å²) in [5.41, 5.74) is 0. The first-order valence-electron chi connectivity index (χ1n) is 6.89. The minimum absolute atomic E-state index is 0.0544. The minimum atomic E-state index is -0.438. The van der Waals surface area contributed by atoms with Crippen LogP contribution in [0.15, 0.2) is 30.3 Å². The third-order valence-electron chi connectivity index (χ3n) is 3.24. The van der Waals surface area contributed by atoms with Gasteiger partial charge in [0.1, 0.15) is 18.5 Å². The SMILES string of the molecule is COCCOC1C(O)CC1OCCOc1ccccc1. The van der Waals surface area contributed by atoms with Crippen LogP contribution in [0.25, 0.3) is 0 Å². The van der Waals surface area contributed by atoms with E-state index in [9.17, 15) is 5.11 Å². The Bertz CT molecular complexity index is 370. The third-order valence-corrected chi connectivity index (χ3v) is 3.24. The van der Waals surface area contributed by atoms with Gasteiger partial charge in [0, 0.05) is 13.5 Å². The van der Waals surface area contributed by atoms with Gasteiger partial charge in [-0.15, -0.1) is 0 Å². The summed E-state index contributed by atoms with van der Waals surface area (Å²) in [5, 5.41) is 9.63. The van der Waals surface area contributed by atoms with Gasteiger partial charge in [0.25, 0.3) is 0 Å². The fraction of sp³-hybridized carbons (Fsp3) is 0.600. The number of para-hydroxylation sites is 1. The number of ether oxygens (including phenoxy) is 4. The van der Waals surface area contributed by atoms with E-state index in [1.54, 1.807) is 7.11 Å². The molecular weight excluding hydrogens is 260 g/mol. The van der Waals surface area contributed by atoms with Crippen LogP contribution < -0.4 is 4.74 Å². The minimum Gasteiger partial charge on any atom is -0.491 e. The van der Waals surface area contributed by atoms with Gasteiger partial charge in [0.2, 0.25) is 0 Å². The van der Waals surface area contributed by atoms with E-state index < -0.39 is 6.10 Å². The zero-order valence-electron chi connectivity index (χ0n) is 11.7. The molecule has 1 aliphatic rings. The van der Waals surface area contributed by atoms with Crippen LogP contribution in [-0.2, 0) is 14.2 Å². The smallest absolute Gasteiger partial charge is 0.119 e. The molecule has 1 fully saturated rings. The highest BCUT2D eigenvalue weighted by Crippen LogP contribution is 2.27. The molecule has 0 bridgehead atoms. The first kappa shape index (κ1) is 15.3. The highest BCUT2D eigenvalue weighted by atomic mass is 16.6. The zero-order valence-corrected chi connectivity index (χ0v) is 11.7. The van der Waals surface area contributed by atoms with Crippen LogP contribution in [0.2, 0.25) is 0 Å². The Morgan fingerprint density at radius 3 is 2.50 bits per heavy atom. The Morgan fingerprint density at radius 2 is 1.80 bits per heavy atom. The Labute approximate surface area is 119 Å². The van der Waals surface area contributed by atoms with Crippen LogP contribution in [0.3, 0.4) is 0 Å². The molecule has 112 valence electrons. The second-order valence-corrected chi connectivity index (χ2v) is 4.70. The Morgan fingerprint density at radius 1 is 1.05 bits per heavy atom. The van der Waals surface area contributed by atoms with Crippen molar-refractivity contribution in [1.29, 1.82) is 0 Å². The molecule has 3 unspecified atom stereocenters. The summed E-state index contributed by atoms with van der Waals surface area (Å²) in [6, 6.07) is 9.62. The van der Waals surface area contributed by atoms with Crippen molar-refractivity contribution < 1.29 is 24.1 Å². The molecule has 1 aromatic carbocycles. The normalized spacial score (nSPS) is 25.2. The number of aliphatic hydroxyl groups is 1. The van der Waals surface area contributed by atoms with E-state index in [1.165, 1.54) is 0 Å². The molecule has 0 aliphatic heterocycles. The fourth-order valence-electron chi connectivity index (χ4n) is 2.08. The van der Waals surface area contributed by atoms with Gasteiger partial charge in [0.15, 0.2) is 0 Å². The Kier molecular flexibility index (Phi) is 6.26. The van der Waals surface area contributed by atoms with Crippen molar-refractivity contribution in [2.24, 2.45) is 0 Å². The molecule has 0 radical (unpaired) electrons. The molecular formula is C15H22O5. The van der Waals surface area contributed by atoms with Gasteiger partial charge in [-0.25, -0.2) is 0 Å². The molecule has 0 saturated heterocycles. The largest absolute Gasteiger partial charge is 0.491 e. The molecule has 1 saturated carbocycles. The van der Waals surface area contributed by atoms with E-state index in [0.717, 1.165) is 5.75 Å². The molecule has 2 rings (SSSR count). The summed E-state index contributed by atoms with van der Waals surface area (Å²) in [5.74, 6) is 0.831. The predicted molar refractivity (Wildman–Crippen MR) is 73.9 cm³/mol. The summed E-state index contributed by atoms with van der Waals surface area (Å²) in [6.45, 7) is 1.96. The van der Waals surface area contributed by atoms with Gasteiger partial charge >= 0.3 is 0 Å². The van der Waals surface area contributed by atoms with Crippen molar-refractivity contribution in [1.82, 2.24) is 0 Å². The molecule has 3 atom stereocenters. The van der Waals surface area contributed by atoms with Crippen molar-refractivity contribution in [3.05, 3.63) is 30.3 Å². The highest BCUT2D eigenvalue weighted by Gasteiger charge is 2.41. The Balaban J connectivity index is 1.59. The standard InChI is InChI=1S/C15H22O5/c1-17-7-8-20-15-13(16)11-14(15)19-10-9-18-12-5-3-2-4-6-12/h2-6,13-16H,7-11H2,1H3. The monoisotopic (exact) mass is 282 g/mol. The molecule has 0 spiro atoms. The number of hydrogen-bond donors (Lipinski definition) is 1. The maximum atomic E-state index is 9.63. The van der Waals surface area contributed by atoms with Crippen LogP contribution in [0.4, 0.5) is 0 Å². The van der Waals surface area contributed by atoms with Crippen molar-refractivity contribution in [2.75, 3.05) is 33.5 Å². The second-order valence-electron chi connectivity index (χ2n) is 4.70. The molecule has 0 aromatic heterocycles. The zero-order chi connectivity index (χ0) is 14.2. The van der Waals surface area contributed by atoms with E-state index in [-0.39, 0.29) is 12.2 Å². The number of rotatable bonds is 9. The highest BCUT2D eigenvalue weighted by molar-refractivity contribution is 5.20. The third kappa shape index (κ3) is 4.45. The van der Waals surface area contributed by atoms with Crippen LogP contribution in [0.5, 0.6) is 5.75 Å². The van der Waals surface area contributed by atoms with E-state index in [1.807, 2.05) is 30.3 Å². The summed E-state index contributed by atoms with van der Waals surface area (Å²) in [6.07, 6.45) is -0.127. The van der Waals surface area contributed by atoms with E-state index in [2.05, 4.69) is 0 Å². The lowest BCUT2D eigenvalue weighted by atomic mass is 9.88. The maximum absolute atomic E-state index is 9.63. The quantitative estimate of drug-likeness (QED) is 0.691. The van der Waals surface area contributed by atoms with Crippen molar-refractivity contribution in [3.8, 4) is 5.75 Å². The van der Waals surface area contributed by atoms with Crippen molar-refractivity contribution in [3.63, 3.8) is 0 Å². The molecule has 0 amide bonds. The average Bonchev–Trinajstić information content (AvgIpc) is 2.48. The van der Waals surface area contributed by atoms with Gasteiger partial charge in [-0.2, -0.15) is 0 Å². The number of aliphatic hydroxyl groups excluding tert-OH is 1. The number of benzene rings is 1. The fourth-order valence-corrected chi connectivity index (χ4v) is 2.08. The summed E-state index contributed by atoms with van der Waals surface area (Å²) < 4.78 is 21.6. The molecule has 20 heavy (non-hydrogen) atoms. The van der Waals surface area contributed by atoms with E-state index >= 15 is 0 Å². The summed E-state index contributed by atoms with van der Waals surface area (Å²) in [4.78, 5) is 0. The maximum Gasteiger partial charge on any atom is 0.119 e. The summed E-state index contributed by atoms with van der Waals surface area (Å²) in [7, 11) is 1.62. The van der Waals surface area contributed by atoms with Crippen molar-refractivity contribution in [2.45, 2.75) is 24.7 Å². The number of hydrogen-bond acceptors (Lipinski definition) is 5. The topological polar surface area (TPSA) is 57.2 Å². The second kappa shape index (κ2) is 8.21. The Hall–Kier alpha value is -1.14. The lowest BCUT2D eigenvalue weighted by Crippen LogP contribution is -2.54. The van der Waals surface area contributed by atoms with Crippen molar-refractivity contribution >= 4 is 0 Å². The van der Waals surface area contributed by atoms with Gasteiger partial charge in [0.05, 0.1) is 32.0 Å². The molecule has 5 heteroatoms. The van der Waals surface area contributed by atoms with Gasteiger partial charge in [-0.05, 0) is 12.1 Å². The molecule has 0 heterocycles. The van der Waals surface area contributed by atoms with E-state index in [4.69, 9.17) is 18.9 Å². The molecule has 1 aliphatic carbocycles. The van der Waals surface area contributed by atoms with Crippen LogP contribution in [0.1, 0.15) is 6.42 Å². The summed E-state index contributed by atoms with van der Waals surface area (Å²) >= 11 is 0. The molecule has 1 aromatic rings. The lowest BCUT2D eigenvalue weighted by Gasteiger charge is -2.40. The molecule has 1 N–H and O–H groups in total. The number of methoxy groups -OCH3 is 1. The first-order chi connectivity index (χ1) is 9.81. The van der Waals surface area contributed by atoms with Gasteiger partial charge in [-0.3, -0.25) is 0 Å². The van der Waals surface area contributed by atoms with Crippen LogP contribution >= 0.6 is 0 Å². The van der Waals surface area contributed by atoms with Gasteiger partial charge in [-0.1, -0.05) is 18.2 Å².